The van der Waals surface area contributed by atoms with Gasteiger partial charge in [-0.3, -0.25) is 0 Å². The average Bonchev–Trinajstić information content (AvgIpc) is 2.68. The monoisotopic (exact) mass is 220 g/mol. The quantitative estimate of drug-likeness (QED) is 0.755. The van der Waals surface area contributed by atoms with Gasteiger partial charge in [0.25, 0.3) is 0 Å². The van der Waals surface area contributed by atoms with Crippen molar-refractivity contribution in [1.82, 2.24) is 10.6 Å². The van der Waals surface area contributed by atoms with Crippen LogP contribution in [-0.2, 0) is 6.54 Å². The highest BCUT2D eigenvalue weighted by atomic mass is 32.1. The number of thiophene rings is 1. The molecular weight excluding hydrogens is 204 g/mol. The zero-order chi connectivity index (χ0) is 10.5. The summed E-state index contributed by atoms with van der Waals surface area (Å²) in [4.78, 5) is 0. The van der Waals surface area contributed by atoms with Gasteiger partial charge in [-0.1, -0.05) is 18.2 Å². The Morgan fingerprint density at radius 3 is 2.93 bits per heavy atom. The number of benzene rings is 1. The lowest BCUT2D eigenvalue weighted by molar-refractivity contribution is 0.653. The Balaban J connectivity index is 2.02. The molecule has 0 spiro atoms. The molecule has 0 atom stereocenters. The van der Waals surface area contributed by atoms with E-state index in [0.717, 1.165) is 19.6 Å². The van der Waals surface area contributed by atoms with Crippen molar-refractivity contribution in [2.75, 3.05) is 20.1 Å². The number of likely N-dealkylation sites (N-methyl/N-ethyl adjacent to an activating group) is 1. The van der Waals surface area contributed by atoms with Crippen molar-refractivity contribution >= 4 is 21.4 Å². The Kier molecular flexibility index (Phi) is 3.72. The van der Waals surface area contributed by atoms with Gasteiger partial charge >= 0.3 is 0 Å². The van der Waals surface area contributed by atoms with Crippen molar-refractivity contribution in [2.24, 2.45) is 0 Å². The first kappa shape index (κ1) is 10.6. The van der Waals surface area contributed by atoms with E-state index in [9.17, 15) is 0 Å². The van der Waals surface area contributed by atoms with E-state index in [1.54, 1.807) is 0 Å². The van der Waals surface area contributed by atoms with E-state index in [-0.39, 0.29) is 0 Å². The second-order valence-electron chi connectivity index (χ2n) is 3.54. The zero-order valence-electron chi connectivity index (χ0n) is 8.92. The fraction of sp³-hybridized carbons (Fsp3) is 0.333. The Hall–Kier alpha value is -0.900. The fourth-order valence-corrected chi connectivity index (χ4v) is 2.57. The molecule has 0 unspecified atom stereocenters. The van der Waals surface area contributed by atoms with E-state index in [4.69, 9.17) is 0 Å². The van der Waals surface area contributed by atoms with E-state index in [1.165, 1.54) is 15.6 Å². The molecule has 2 N–H and O–H groups in total. The number of nitrogens with one attached hydrogen (secondary N) is 2. The lowest BCUT2D eigenvalue weighted by atomic mass is 10.2. The largest absolute Gasteiger partial charge is 0.318 e. The highest BCUT2D eigenvalue weighted by Crippen LogP contribution is 2.25. The van der Waals surface area contributed by atoms with Gasteiger partial charge in [-0.05, 0) is 29.4 Å². The van der Waals surface area contributed by atoms with Crippen LogP contribution in [0.3, 0.4) is 0 Å². The third kappa shape index (κ3) is 2.56. The van der Waals surface area contributed by atoms with Gasteiger partial charge < -0.3 is 10.6 Å². The van der Waals surface area contributed by atoms with Gasteiger partial charge in [0.2, 0.25) is 0 Å². The van der Waals surface area contributed by atoms with Crippen LogP contribution in [0.4, 0.5) is 0 Å². The van der Waals surface area contributed by atoms with Crippen LogP contribution >= 0.6 is 11.3 Å². The van der Waals surface area contributed by atoms with Crippen LogP contribution in [0.2, 0.25) is 0 Å². The molecule has 0 amide bonds. The summed E-state index contributed by atoms with van der Waals surface area (Å²) in [5, 5.41) is 10.2. The van der Waals surface area contributed by atoms with E-state index in [0.29, 0.717) is 0 Å². The highest BCUT2D eigenvalue weighted by Gasteiger charge is 2.01. The molecule has 2 aromatic rings. The van der Waals surface area contributed by atoms with Gasteiger partial charge in [0.1, 0.15) is 0 Å². The van der Waals surface area contributed by atoms with Crippen molar-refractivity contribution in [2.45, 2.75) is 6.54 Å². The number of hydrogen-bond acceptors (Lipinski definition) is 3. The second-order valence-corrected chi connectivity index (χ2v) is 4.45. The predicted octanol–water partition coefficient (Wildman–Crippen LogP) is 2.21. The van der Waals surface area contributed by atoms with Gasteiger partial charge in [0.15, 0.2) is 0 Å². The molecule has 1 aromatic carbocycles. The zero-order valence-corrected chi connectivity index (χ0v) is 9.73. The molecule has 0 aliphatic rings. The fourth-order valence-electron chi connectivity index (χ4n) is 1.61. The molecule has 80 valence electrons. The molecule has 0 fully saturated rings. The third-order valence-electron chi connectivity index (χ3n) is 2.43. The first-order valence-electron chi connectivity index (χ1n) is 5.22. The summed E-state index contributed by atoms with van der Waals surface area (Å²) in [7, 11) is 1.97. The van der Waals surface area contributed by atoms with E-state index >= 15 is 0 Å². The van der Waals surface area contributed by atoms with Crippen LogP contribution < -0.4 is 10.6 Å². The van der Waals surface area contributed by atoms with Crippen molar-refractivity contribution in [3.8, 4) is 0 Å². The minimum Gasteiger partial charge on any atom is -0.318 e. The molecule has 0 bridgehead atoms. The maximum Gasteiger partial charge on any atom is 0.0346 e. The number of hydrogen-bond donors (Lipinski definition) is 2. The Labute approximate surface area is 94.3 Å². The van der Waals surface area contributed by atoms with Gasteiger partial charge in [0, 0.05) is 24.3 Å². The normalized spacial score (nSPS) is 11.0. The smallest absolute Gasteiger partial charge is 0.0346 e. The molecule has 2 nitrogen and oxygen atoms in total. The number of fused-ring (bicyclic) bond motifs is 1. The molecule has 3 heteroatoms. The van der Waals surface area contributed by atoms with Crippen LogP contribution in [0.15, 0.2) is 29.6 Å². The SMILES string of the molecule is CNCCNCc1csc2ccccc12. The molecule has 0 aliphatic carbocycles. The summed E-state index contributed by atoms with van der Waals surface area (Å²) >= 11 is 1.82. The van der Waals surface area contributed by atoms with Crippen LogP contribution in [0, 0.1) is 0 Å². The maximum absolute atomic E-state index is 3.43. The van der Waals surface area contributed by atoms with Crippen LogP contribution in [-0.4, -0.2) is 20.1 Å². The predicted molar refractivity (Wildman–Crippen MR) is 67.5 cm³/mol. The molecule has 0 aliphatic heterocycles. The number of rotatable bonds is 5. The van der Waals surface area contributed by atoms with E-state index in [1.807, 2.05) is 18.4 Å². The lowest BCUT2D eigenvalue weighted by Gasteiger charge is -2.02. The highest BCUT2D eigenvalue weighted by molar-refractivity contribution is 7.17. The van der Waals surface area contributed by atoms with Gasteiger partial charge in [-0.15, -0.1) is 11.3 Å². The molecule has 1 heterocycles. The first-order valence-corrected chi connectivity index (χ1v) is 6.10. The summed E-state index contributed by atoms with van der Waals surface area (Å²) in [5.74, 6) is 0. The first-order chi connectivity index (χ1) is 7.42. The van der Waals surface area contributed by atoms with Crippen LogP contribution in [0.5, 0.6) is 0 Å². The summed E-state index contributed by atoms with van der Waals surface area (Å²) in [6, 6.07) is 8.57. The molecule has 2 rings (SSSR count). The van der Waals surface area contributed by atoms with Crippen LogP contribution in [0.1, 0.15) is 5.56 Å². The van der Waals surface area contributed by atoms with Crippen molar-refractivity contribution in [3.63, 3.8) is 0 Å². The van der Waals surface area contributed by atoms with Crippen molar-refractivity contribution < 1.29 is 0 Å². The Morgan fingerprint density at radius 2 is 2.07 bits per heavy atom. The minimum absolute atomic E-state index is 0.964. The maximum atomic E-state index is 3.43. The van der Waals surface area contributed by atoms with Gasteiger partial charge in [-0.2, -0.15) is 0 Å². The topological polar surface area (TPSA) is 24.1 Å². The molecule has 0 saturated heterocycles. The molecule has 1 aromatic heterocycles. The Morgan fingerprint density at radius 1 is 1.20 bits per heavy atom. The summed E-state index contributed by atoms with van der Waals surface area (Å²) in [6.07, 6.45) is 0. The third-order valence-corrected chi connectivity index (χ3v) is 3.44. The standard InChI is InChI=1S/C12H16N2S/c1-13-6-7-14-8-10-9-15-12-5-3-2-4-11(10)12/h2-5,9,13-14H,6-8H2,1H3. The van der Waals surface area contributed by atoms with E-state index in [2.05, 4.69) is 40.3 Å². The summed E-state index contributed by atoms with van der Waals surface area (Å²) in [5.41, 5.74) is 1.41. The second kappa shape index (κ2) is 5.26. The summed E-state index contributed by atoms with van der Waals surface area (Å²) < 4.78 is 1.38. The molecule has 15 heavy (non-hydrogen) atoms. The summed E-state index contributed by atoms with van der Waals surface area (Å²) in [6.45, 7) is 2.99. The average molecular weight is 220 g/mol. The molecular formula is C12H16N2S. The van der Waals surface area contributed by atoms with Gasteiger partial charge in [0.05, 0.1) is 0 Å². The molecule has 0 saturated carbocycles. The Bertz CT molecular complexity index is 422. The lowest BCUT2D eigenvalue weighted by Crippen LogP contribution is -2.24. The molecule has 0 radical (unpaired) electrons. The minimum atomic E-state index is 0.964. The van der Waals surface area contributed by atoms with E-state index < -0.39 is 0 Å². The van der Waals surface area contributed by atoms with Crippen molar-refractivity contribution in [3.05, 3.63) is 35.2 Å². The van der Waals surface area contributed by atoms with Gasteiger partial charge in [-0.25, -0.2) is 0 Å². The van der Waals surface area contributed by atoms with Crippen LogP contribution in [0.25, 0.3) is 10.1 Å². The van der Waals surface area contributed by atoms with Crippen molar-refractivity contribution in [1.29, 1.82) is 0 Å².